The molecule has 1 aromatic carbocycles. The number of anilines is 2. The largest absolute Gasteiger partial charge is 0.492 e. The molecule has 1 aliphatic carbocycles. The van der Waals surface area contributed by atoms with Gasteiger partial charge in [-0.05, 0) is 37.8 Å². The second kappa shape index (κ2) is 4.95. The zero-order chi connectivity index (χ0) is 13.3. The Labute approximate surface area is 115 Å². The first-order chi connectivity index (χ1) is 9.22. The number of hydrogen-bond donors (Lipinski definition) is 2. The molecule has 2 aliphatic rings. The van der Waals surface area contributed by atoms with Crippen LogP contribution in [0.3, 0.4) is 0 Å². The maximum atomic E-state index is 5.70. The van der Waals surface area contributed by atoms with Crippen molar-refractivity contribution in [3.8, 4) is 5.75 Å². The first-order valence-electron chi connectivity index (χ1n) is 7.50. The van der Waals surface area contributed by atoms with E-state index in [1.165, 1.54) is 31.4 Å². The van der Waals surface area contributed by atoms with E-state index in [1.54, 1.807) is 0 Å². The van der Waals surface area contributed by atoms with Gasteiger partial charge in [0.25, 0.3) is 0 Å². The lowest BCUT2D eigenvalue weighted by Gasteiger charge is -2.45. The van der Waals surface area contributed by atoms with Gasteiger partial charge in [0.1, 0.15) is 11.4 Å². The quantitative estimate of drug-likeness (QED) is 0.847. The smallest absolute Gasteiger partial charge is 0.144 e. The maximum absolute atomic E-state index is 5.70. The van der Waals surface area contributed by atoms with Crippen LogP contribution in [0.2, 0.25) is 0 Å². The Morgan fingerprint density at radius 1 is 1.42 bits per heavy atom. The van der Waals surface area contributed by atoms with E-state index < -0.39 is 0 Å². The Morgan fingerprint density at radius 2 is 2.32 bits per heavy atom. The maximum Gasteiger partial charge on any atom is 0.144 e. The minimum Gasteiger partial charge on any atom is -0.492 e. The van der Waals surface area contributed by atoms with Crippen molar-refractivity contribution < 1.29 is 4.74 Å². The summed E-state index contributed by atoms with van der Waals surface area (Å²) < 4.78 is 5.70. The van der Waals surface area contributed by atoms with Gasteiger partial charge in [-0.3, -0.25) is 0 Å². The summed E-state index contributed by atoms with van der Waals surface area (Å²) in [6.07, 6.45) is 5.23. The highest BCUT2D eigenvalue weighted by Crippen LogP contribution is 2.43. The van der Waals surface area contributed by atoms with Crippen LogP contribution < -0.4 is 15.4 Å². The van der Waals surface area contributed by atoms with Gasteiger partial charge in [0.15, 0.2) is 0 Å². The molecule has 0 aromatic heterocycles. The standard InChI is InChI=1S/C16H24N2O/c1-3-19-14-8-4-7-13-15(14)17-11-16(18-13)9-5-6-12(2)10-16/h4,7-8,12,17-18H,3,5-6,9-11H2,1-2H3. The summed E-state index contributed by atoms with van der Waals surface area (Å²) in [4.78, 5) is 0. The van der Waals surface area contributed by atoms with Crippen molar-refractivity contribution in [2.45, 2.75) is 45.1 Å². The topological polar surface area (TPSA) is 33.3 Å². The lowest BCUT2D eigenvalue weighted by atomic mass is 9.75. The lowest BCUT2D eigenvalue weighted by Crippen LogP contribution is -2.50. The van der Waals surface area contributed by atoms with Crippen LogP contribution in [-0.4, -0.2) is 18.7 Å². The summed E-state index contributed by atoms with van der Waals surface area (Å²) >= 11 is 0. The van der Waals surface area contributed by atoms with Crippen molar-refractivity contribution in [3.05, 3.63) is 18.2 Å². The molecule has 3 nitrogen and oxygen atoms in total. The van der Waals surface area contributed by atoms with E-state index in [4.69, 9.17) is 4.74 Å². The molecule has 0 saturated heterocycles. The molecule has 0 bridgehead atoms. The van der Waals surface area contributed by atoms with Gasteiger partial charge in [0, 0.05) is 6.54 Å². The predicted octanol–water partition coefficient (Wildman–Crippen LogP) is 3.87. The monoisotopic (exact) mass is 260 g/mol. The van der Waals surface area contributed by atoms with Crippen LogP contribution in [-0.2, 0) is 0 Å². The van der Waals surface area contributed by atoms with E-state index >= 15 is 0 Å². The second-order valence-electron chi connectivity index (χ2n) is 6.07. The van der Waals surface area contributed by atoms with E-state index in [0.29, 0.717) is 6.61 Å². The van der Waals surface area contributed by atoms with E-state index in [9.17, 15) is 0 Å². The van der Waals surface area contributed by atoms with Gasteiger partial charge in [-0.1, -0.05) is 25.8 Å². The highest BCUT2D eigenvalue weighted by Gasteiger charge is 2.38. The van der Waals surface area contributed by atoms with Gasteiger partial charge in [0.05, 0.1) is 17.8 Å². The van der Waals surface area contributed by atoms with Crippen LogP contribution in [0.15, 0.2) is 18.2 Å². The number of rotatable bonds is 2. The molecule has 104 valence electrons. The Morgan fingerprint density at radius 3 is 3.11 bits per heavy atom. The zero-order valence-corrected chi connectivity index (χ0v) is 12.0. The van der Waals surface area contributed by atoms with Gasteiger partial charge in [-0.2, -0.15) is 0 Å². The van der Waals surface area contributed by atoms with Crippen LogP contribution in [0.4, 0.5) is 11.4 Å². The van der Waals surface area contributed by atoms with Crippen LogP contribution >= 0.6 is 0 Å². The third-order valence-corrected chi connectivity index (χ3v) is 4.42. The summed E-state index contributed by atoms with van der Waals surface area (Å²) in [5.74, 6) is 1.78. The lowest BCUT2D eigenvalue weighted by molar-refractivity contribution is 0.265. The molecule has 3 heteroatoms. The van der Waals surface area contributed by atoms with Gasteiger partial charge < -0.3 is 15.4 Å². The third-order valence-electron chi connectivity index (χ3n) is 4.42. The molecular formula is C16H24N2O. The van der Waals surface area contributed by atoms with Crippen molar-refractivity contribution in [2.24, 2.45) is 5.92 Å². The minimum absolute atomic E-state index is 0.246. The van der Waals surface area contributed by atoms with Gasteiger partial charge in [0.2, 0.25) is 0 Å². The summed E-state index contributed by atoms with van der Waals surface area (Å²) in [5.41, 5.74) is 2.58. The fraction of sp³-hybridized carbons (Fsp3) is 0.625. The number of ether oxygens (including phenoxy) is 1. The first-order valence-corrected chi connectivity index (χ1v) is 7.50. The van der Waals surface area contributed by atoms with E-state index in [2.05, 4.69) is 29.7 Å². The van der Waals surface area contributed by atoms with Gasteiger partial charge in [-0.15, -0.1) is 0 Å². The Bertz CT molecular complexity index is 460. The van der Waals surface area contributed by atoms with Crippen molar-refractivity contribution in [3.63, 3.8) is 0 Å². The molecule has 0 radical (unpaired) electrons. The molecule has 1 aromatic rings. The molecule has 1 heterocycles. The summed E-state index contributed by atoms with van der Waals surface area (Å²) in [6, 6.07) is 6.27. The molecule has 3 rings (SSSR count). The van der Waals surface area contributed by atoms with Crippen molar-refractivity contribution >= 4 is 11.4 Å². The van der Waals surface area contributed by atoms with Crippen molar-refractivity contribution in [1.29, 1.82) is 0 Å². The molecule has 1 fully saturated rings. The zero-order valence-electron chi connectivity index (χ0n) is 12.0. The predicted molar refractivity (Wildman–Crippen MR) is 80.1 cm³/mol. The second-order valence-corrected chi connectivity index (χ2v) is 6.07. The Balaban J connectivity index is 1.86. The molecule has 2 N–H and O–H groups in total. The molecular weight excluding hydrogens is 236 g/mol. The van der Waals surface area contributed by atoms with Crippen LogP contribution in [0, 0.1) is 5.92 Å². The number of hydrogen-bond acceptors (Lipinski definition) is 3. The van der Waals surface area contributed by atoms with Crippen LogP contribution in [0.25, 0.3) is 0 Å². The molecule has 2 atom stereocenters. The first kappa shape index (κ1) is 12.6. The van der Waals surface area contributed by atoms with E-state index in [-0.39, 0.29) is 5.54 Å². The average Bonchev–Trinajstić information content (AvgIpc) is 2.39. The molecule has 0 amide bonds. The Hall–Kier alpha value is -1.38. The summed E-state index contributed by atoms with van der Waals surface area (Å²) in [6.45, 7) is 6.11. The van der Waals surface area contributed by atoms with Gasteiger partial charge in [-0.25, -0.2) is 0 Å². The number of nitrogens with one attached hydrogen (secondary N) is 2. The average molecular weight is 260 g/mol. The fourth-order valence-electron chi connectivity index (χ4n) is 3.62. The number of benzene rings is 1. The summed E-state index contributed by atoms with van der Waals surface area (Å²) in [5, 5.41) is 7.41. The Kier molecular flexibility index (Phi) is 3.29. The summed E-state index contributed by atoms with van der Waals surface area (Å²) in [7, 11) is 0. The molecule has 2 unspecified atom stereocenters. The normalized spacial score (nSPS) is 29.3. The molecule has 19 heavy (non-hydrogen) atoms. The van der Waals surface area contributed by atoms with E-state index in [0.717, 1.165) is 23.9 Å². The van der Waals surface area contributed by atoms with Crippen molar-refractivity contribution in [1.82, 2.24) is 0 Å². The fourth-order valence-corrected chi connectivity index (χ4v) is 3.62. The highest BCUT2D eigenvalue weighted by molar-refractivity contribution is 5.78. The van der Waals surface area contributed by atoms with E-state index in [1.807, 2.05) is 13.0 Å². The molecule has 1 aliphatic heterocycles. The number of para-hydroxylation sites is 1. The highest BCUT2D eigenvalue weighted by atomic mass is 16.5. The molecule has 1 spiro atoms. The molecule has 1 saturated carbocycles. The van der Waals surface area contributed by atoms with Crippen molar-refractivity contribution in [2.75, 3.05) is 23.8 Å². The minimum atomic E-state index is 0.246. The third kappa shape index (κ3) is 2.38. The van der Waals surface area contributed by atoms with Gasteiger partial charge >= 0.3 is 0 Å². The van der Waals surface area contributed by atoms with Crippen LogP contribution in [0.5, 0.6) is 5.75 Å². The SMILES string of the molecule is CCOc1cccc2c1NCC1(CCCC(C)C1)N2. The number of fused-ring (bicyclic) bond motifs is 1. The van der Waals surface area contributed by atoms with Crippen LogP contribution in [0.1, 0.15) is 39.5 Å².